The van der Waals surface area contributed by atoms with E-state index in [0.717, 1.165) is 18.1 Å². The van der Waals surface area contributed by atoms with E-state index in [1.165, 1.54) is 5.56 Å². The van der Waals surface area contributed by atoms with Gasteiger partial charge in [0, 0.05) is 17.6 Å². The lowest BCUT2D eigenvalue weighted by Gasteiger charge is -2.11. The molecule has 0 saturated carbocycles. The Hall–Kier alpha value is -1.84. The van der Waals surface area contributed by atoms with Gasteiger partial charge in [-0.2, -0.15) is 4.98 Å². The minimum absolute atomic E-state index is 0.0761. The number of nitrogens with zero attached hydrogens (tertiary/aromatic N) is 2. The van der Waals surface area contributed by atoms with Crippen LogP contribution in [-0.4, -0.2) is 16.7 Å². The summed E-state index contributed by atoms with van der Waals surface area (Å²) in [5, 5.41) is 7.46. The van der Waals surface area contributed by atoms with Gasteiger partial charge in [-0.1, -0.05) is 44.1 Å². The minimum atomic E-state index is -0.0761. The summed E-state index contributed by atoms with van der Waals surface area (Å²) in [6.07, 6.45) is 0. The molecule has 1 N–H and O–H groups in total. The molecule has 3 rings (SSSR count). The molecule has 18 heavy (non-hydrogen) atoms. The molecule has 94 valence electrons. The van der Waals surface area contributed by atoms with E-state index in [0.29, 0.717) is 5.89 Å². The second-order valence-electron chi connectivity index (χ2n) is 5.73. The average molecular weight is 243 g/mol. The van der Waals surface area contributed by atoms with Crippen LogP contribution in [0.25, 0.3) is 0 Å². The van der Waals surface area contributed by atoms with Crippen LogP contribution in [0.1, 0.15) is 44.0 Å². The van der Waals surface area contributed by atoms with Gasteiger partial charge in [-0.05, 0) is 11.6 Å². The Morgan fingerprint density at radius 3 is 2.78 bits per heavy atom. The third kappa shape index (κ3) is 1.78. The molecule has 2 heterocycles. The Morgan fingerprint density at radius 2 is 2.06 bits per heavy atom. The number of rotatable bonds is 1. The van der Waals surface area contributed by atoms with E-state index < -0.39 is 0 Å². The zero-order valence-corrected chi connectivity index (χ0v) is 10.9. The fourth-order valence-electron chi connectivity index (χ4n) is 2.19. The number of anilines is 1. The summed E-state index contributed by atoms with van der Waals surface area (Å²) < 4.78 is 5.43. The number of para-hydroxylation sites is 1. The lowest BCUT2D eigenvalue weighted by atomic mass is 9.96. The number of hydrogen-bond donors (Lipinski definition) is 1. The summed E-state index contributed by atoms with van der Waals surface area (Å²) in [6, 6.07) is 8.26. The smallest absolute Gasteiger partial charge is 0.236 e. The fourth-order valence-corrected chi connectivity index (χ4v) is 2.19. The normalized spacial score (nSPS) is 18.5. The number of benzene rings is 1. The molecule has 1 atom stereocenters. The monoisotopic (exact) mass is 243 g/mol. The molecule has 0 radical (unpaired) electrons. The zero-order chi connectivity index (χ0) is 12.8. The van der Waals surface area contributed by atoms with Gasteiger partial charge in [-0.3, -0.25) is 0 Å². The molecule has 1 aromatic heterocycles. The summed E-state index contributed by atoms with van der Waals surface area (Å²) in [5.41, 5.74) is 2.33. The van der Waals surface area contributed by atoms with E-state index in [9.17, 15) is 0 Å². The van der Waals surface area contributed by atoms with Crippen LogP contribution in [0, 0.1) is 0 Å². The molecule has 1 unspecified atom stereocenters. The van der Waals surface area contributed by atoms with E-state index >= 15 is 0 Å². The Bertz CT molecular complexity index is 568. The Labute approximate surface area is 106 Å². The molecular formula is C14H17N3O. The van der Waals surface area contributed by atoms with Crippen molar-refractivity contribution < 1.29 is 4.52 Å². The SMILES string of the molecule is CC(C)(C)c1noc(C2CNc3ccccc32)n1. The first-order valence-corrected chi connectivity index (χ1v) is 6.22. The maximum absolute atomic E-state index is 5.43. The fraction of sp³-hybridized carbons (Fsp3) is 0.429. The standard InChI is InChI=1S/C14H17N3O/c1-14(2,3)13-16-12(18-17-13)10-8-15-11-7-5-4-6-9(10)11/h4-7,10,15H,8H2,1-3H3. The zero-order valence-electron chi connectivity index (χ0n) is 10.9. The predicted octanol–water partition coefficient (Wildman–Crippen LogP) is 2.92. The van der Waals surface area contributed by atoms with E-state index in [4.69, 9.17) is 4.52 Å². The summed E-state index contributed by atoms with van der Waals surface area (Å²) in [7, 11) is 0. The van der Waals surface area contributed by atoms with Gasteiger partial charge in [-0.15, -0.1) is 0 Å². The molecule has 0 amide bonds. The largest absolute Gasteiger partial charge is 0.384 e. The maximum Gasteiger partial charge on any atom is 0.236 e. The van der Waals surface area contributed by atoms with Crippen molar-refractivity contribution in [1.82, 2.24) is 10.1 Å². The molecule has 4 nitrogen and oxygen atoms in total. The Kier molecular flexibility index (Phi) is 2.40. The lowest BCUT2D eigenvalue weighted by molar-refractivity contribution is 0.356. The van der Waals surface area contributed by atoms with Crippen molar-refractivity contribution in [2.75, 3.05) is 11.9 Å². The molecule has 0 bridgehead atoms. The number of nitrogens with one attached hydrogen (secondary N) is 1. The average Bonchev–Trinajstić information content (AvgIpc) is 2.94. The molecule has 2 aromatic rings. The molecule has 1 aliphatic rings. The minimum Gasteiger partial charge on any atom is -0.384 e. The highest BCUT2D eigenvalue weighted by Crippen LogP contribution is 2.35. The van der Waals surface area contributed by atoms with Gasteiger partial charge < -0.3 is 9.84 Å². The van der Waals surface area contributed by atoms with Gasteiger partial charge in [0.05, 0.1) is 5.92 Å². The van der Waals surface area contributed by atoms with Gasteiger partial charge in [0.1, 0.15) is 0 Å². The molecule has 4 heteroatoms. The highest BCUT2D eigenvalue weighted by Gasteiger charge is 2.30. The predicted molar refractivity (Wildman–Crippen MR) is 69.8 cm³/mol. The van der Waals surface area contributed by atoms with Crippen LogP contribution >= 0.6 is 0 Å². The maximum atomic E-state index is 5.43. The molecule has 0 spiro atoms. The lowest BCUT2D eigenvalue weighted by Crippen LogP contribution is -2.13. The van der Waals surface area contributed by atoms with Crippen LogP contribution < -0.4 is 5.32 Å². The third-order valence-electron chi connectivity index (χ3n) is 3.24. The van der Waals surface area contributed by atoms with Gasteiger partial charge in [-0.25, -0.2) is 0 Å². The van der Waals surface area contributed by atoms with Crippen LogP contribution in [0.3, 0.4) is 0 Å². The number of aromatic nitrogens is 2. The van der Waals surface area contributed by atoms with Crippen molar-refractivity contribution in [1.29, 1.82) is 0 Å². The van der Waals surface area contributed by atoms with Crippen molar-refractivity contribution in [3.05, 3.63) is 41.5 Å². The van der Waals surface area contributed by atoms with Gasteiger partial charge in [0.25, 0.3) is 0 Å². The highest BCUT2D eigenvalue weighted by molar-refractivity contribution is 5.59. The second kappa shape index (κ2) is 3.83. The van der Waals surface area contributed by atoms with Crippen molar-refractivity contribution in [2.45, 2.75) is 32.1 Å². The summed E-state index contributed by atoms with van der Waals surface area (Å²) in [5.74, 6) is 1.64. The Morgan fingerprint density at radius 1 is 1.28 bits per heavy atom. The second-order valence-corrected chi connectivity index (χ2v) is 5.73. The molecule has 1 aromatic carbocycles. The first-order chi connectivity index (χ1) is 8.55. The van der Waals surface area contributed by atoms with Crippen LogP contribution in [-0.2, 0) is 5.41 Å². The van der Waals surface area contributed by atoms with Gasteiger partial charge in [0.15, 0.2) is 5.82 Å². The highest BCUT2D eigenvalue weighted by atomic mass is 16.5. The van der Waals surface area contributed by atoms with E-state index in [1.807, 2.05) is 12.1 Å². The van der Waals surface area contributed by atoms with Crippen LogP contribution in [0.2, 0.25) is 0 Å². The van der Waals surface area contributed by atoms with Crippen molar-refractivity contribution in [2.24, 2.45) is 0 Å². The van der Waals surface area contributed by atoms with Crippen molar-refractivity contribution in [3.8, 4) is 0 Å². The van der Waals surface area contributed by atoms with Crippen LogP contribution in [0.5, 0.6) is 0 Å². The van der Waals surface area contributed by atoms with E-state index in [2.05, 4.69) is 48.4 Å². The third-order valence-corrected chi connectivity index (χ3v) is 3.24. The van der Waals surface area contributed by atoms with E-state index in [-0.39, 0.29) is 11.3 Å². The summed E-state index contributed by atoms with van der Waals surface area (Å²) in [4.78, 5) is 4.54. The van der Waals surface area contributed by atoms with Gasteiger partial charge >= 0.3 is 0 Å². The van der Waals surface area contributed by atoms with Crippen LogP contribution in [0.4, 0.5) is 5.69 Å². The Balaban J connectivity index is 1.96. The summed E-state index contributed by atoms with van der Waals surface area (Å²) in [6.45, 7) is 7.08. The van der Waals surface area contributed by atoms with E-state index in [1.54, 1.807) is 0 Å². The van der Waals surface area contributed by atoms with Gasteiger partial charge in [0.2, 0.25) is 5.89 Å². The number of hydrogen-bond acceptors (Lipinski definition) is 4. The molecule has 1 aliphatic heterocycles. The van der Waals surface area contributed by atoms with Crippen molar-refractivity contribution in [3.63, 3.8) is 0 Å². The summed E-state index contributed by atoms with van der Waals surface area (Å²) >= 11 is 0. The molecule has 0 fully saturated rings. The number of fused-ring (bicyclic) bond motifs is 1. The molecule has 0 saturated heterocycles. The molecule has 0 aliphatic carbocycles. The first-order valence-electron chi connectivity index (χ1n) is 6.22. The first kappa shape index (κ1) is 11.3. The van der Waals surface area contributed by atoms with Crippen LogP contribution in [0.15, 0.2) is 28.8 Å². The topological polar surface area (TPSA) is 51.0 Å². The molecular weight excluding hydrogens is 226 g/mol. The quantitative estimate of drug-likeness (QED) is 0.836. The van der Waals surface area contributed by atoms with Crippen molar-refractivity contribution >= 4 is 5.69 Å².